The van der Waals surface area contributed by atoms with Crippen LogP contribution in [0.5, 0.6) is 0 Å². The third-order valence-electron chi connectivity index (χ3n) is 6.22. The summed E-state index contributed by atoms with van der Waals surface area (Å²) in [5.41, 5.74) is 9.45. The van der Waals surface area contributed by atoms with E-state index in [1.165, 1.54) is 23.0 Å². The van der Waals surface area contributed by atoms with Gasteiger partial charge in [0.25, 0.3) is 5.56 Å². The standard InChI is InChI=1S/C26H31N5O2/c27-24-23(25(32)29-26(33)31(24)19-22-9-5-2-6-10-22)30(17-13-20-7-3-1-4-8-20)18-14-21-11-15-28-16-12-21/h2,5-7,9-12,15-16H,1,3-4,8,13-14,17-19,27H2,(H,29,32,33). The summed E-state index contributed by atoms with van der Waals surface area (Å²) in [5, 5.41) is 0. The topological polar surface area (TPSA) is 97.0 Å². The largest absolute Gasteiger partial charge is 0.383 e. The van der Waals surface area contributed by atoms with E-state index in [1.807, 2.05) is 47.4 Å². The fourth-order valence-electron chi connectivity index (χ4n) is 4.37. The number of nitrogens with zero attached hydrogens (tertiary/aromatic N) is 3. The van der Waals surface area contributed by atoms with Crippen molar-refractivity contribution in [2.45, 2.75) is 45.1 Å². The van der Waals surface area contributed by atoms with Crippen LogP contribution in [0.4, 0.5) is 11.5 Å². The molecule has 0 amide bonds. The monoisotopic (exact) mass is 445 g/mol. The van der Waals surface area contributed by atoms with Crippen LogP contribution in [0.25, 0.3) is 0 Å². The van der Waals surface area contributed by atoms with E-state index in [0.717, 1.165) is 36.8 Å². The van der Waals surface area contributed by atoms with Crippen molar-refractivity contribution in [2.75, 3.05) is 23.7 Å². The predicted octanol–water partition coefficient (Wildman–Crippen LogP) is 3.50. The first-order valence-electron chi connectivity index (χ1n) is 11.6. The molecule has 0 radical (unpaired) electrons. The van der Waals surface area contributed by atoms with Crippen molar-refractivity contribution in [2.24, 2.45) is 0 Å². The fourth-order valence-corrected chi connectivity index (χ4v) is 4.37. The maximum Gasteiger partial charge on any atom is 0.330 e. The molecule has 33 heavy (non-hydrogen) atoms. The highest BCUT2D eigenvalue weighted by Gasteiger charge is 2.20. The van der Waals surface area contributed by atoms with E-state index in [4.69, 9.17) is 5.73 Å². The lowest BCUT2D eigenvalue weighted by Crippen LogP contribution is -2.40. The van der Waals surface area contributed by atoms with E-state index in [9.17, 15) is 9.59 Å². The Labute approximate surface area is 193 Å². The summed E-state index contributed by atoms with van der Waals surface area (Å²) in [4.78, 5) is 34.2. The van der Waals surface area contributed by atoms with Crippen molar-refractivity contribution >= 4 is 11.5 Å². The van der Waals surface area contributed by atoms with Crippen molar-refractivity contribution in [1.29, 1.82) is 0 Å². The number of aromatic amines is 1. The Morgan fingerprint density at radius 1 is 0.970 bits per heavy atom. The summed E-state index contributed by atoms with van der Waals surface area (Å²) in [7, 11) is 0. The Hall–Kier alpha value is -3.61. The normalized spacial score (nSPS) is 13.5. The SMILES string of the molecule is Nc1c(N(CCC2=CCCCC2)CCc2ccncc2)c(=O)[nH]c(=O)n1Cc1ccccc1. The third kappa shape index (κ3) is 5.80. The summed E-state index contributed by atoms with van der Waals surface area (Å²) in [5.74, 6) is 0.208. The minimum Gasteiger partial charge on any atom is -0.383 e. The van der Waals surface area contributed by atoms with Crippen molar-refractivity contribution in [1.82, 2.24) is 14.5 Å². The van der Waals surface area contributed by atoms with Crippen molar-refractivity contribution < 1.29 is 0 Å². The number of allylic oxidation sites excluding steroid dienone is 1. The zero-order valence-corrected chi connectivity index (χ0v) is 18.9. The maximum absolute atomic E-state index is 13.0. The lowest BCUT2D eigenvalue weighted by Gasteiger charge is -2.27. The molecule has 1 aliphatic carbocycles. The van der Waals surface area contributed by atoms with E-state index in [-0.39, 0.29) is 5.82 Å². The van der Waals surface area contributed by atoms with Crippen LogP contribution in [0.2, 0.25) is 0 Å². The maximum atomic E-state index is 13.0. The van der Waals surface area contributed by atoms with Gasteiger partial charge in [-0.3, -0.25) is 19.3 Å². The summed E-state index contributed by atoms with van der Waals surface area (Å²) in [6, 6.07) is 13.6. The molecule has 0 aliphatic heterocycles. The van der Waals surface area contributed by atoms with Crippen molar-refractivity contribution in [3.05, 3.63) is 98.5 Å². The predicted molar refractivity (Wildman–Crippen MR) is 133 cm³/mol. The summed E-state index contributed by atoms with van der Waals surface area (Å²) >= 11 is 0. The van der Waals surface area contributed by atoms with Gasteiger partial charge in [0.15, 0.2) is 0 Å². The molecule has 3 aromatic rings. The van der Waals surface area contributed by atoms with Gasteiger partial charge in [-0.05, 0) is 61.8 Å². The molecule has 7 nitrogen and oxygen atoms in total. The van der Waals surface area contributed by atoms with Gasteiger partial charge in [-0.2, -0.15) is 0 Å². The number of nitrogens with one attached hydrogen (secondary N) is 1. The molecule has 0 fully saturated rings. The summed E-state index contributed by atoms with van der Waals surface area (Å²) in [6.45, 7) is 1.60. The molecule has 2 aromatic heterocycles. The van der Waals surface area contributed by atoms with Crippen molar-refractivity contribution in [3.63, 3.8) is 0 Å². The third-order valence-corrected chi connectivity index (χ3v) is 6.22. The first-order valence-corrected chi connectivity index (χ1v) is 11.6. The number of benzene rings is 1. The van der Waals surface area contributed by atoms with E-state index < -0.39 is 11.2 Å². The average molecular weight is 446 g/mol. The van der Waals surface area contributed by atoms with Crippen LogP contribution >= 0.6 is 0 Å². The van der Waals surface area contributed by atoms with Gasteiger partial charge in [0.05, 0.1) is 6.54 Å². The Kier molecular flexibility index (Phi) is 7.40. The number of nitrogens with two attached hydrogens (primary N) is 1. The average Bonchev–Trinajstić information content (AvgIpc) is 2.85. The number of nitrogen functional groups attached to an aromatic ring is 1. The van der Waals surface area contributed by atoms with E-state index >= 15 is 0 Å². The second-order valence-electron chi connectivity index (χ2n) is 8.52. The number of rotatable bonds is 9. The highest BCUT2D eigenvalue weighted by atomic mass is 16.2. The molecule has 1 aromatic carbocycles. The van der Waals surface area contributed by atoms with Crippen LogP contribution in [-0.2, 0) is 13.0 Å². The zero-order chi connectivity index (χ0) is 23.0. The zero-order valence-electron chi connectivity index (χ0n) is 18.9. The first kappa shape index (κ1) is 22.6. The molecule has 172 valence electrons. The Balaban J connectivity index is 1.65. The van der Waals surface area contributed by atoms with Gasteiger partial charge in [0.2, 0.25) is 0 Å². The van der Waals surface area contributed by atoms with E-state index in [2.05, 4.69) is 16.0 Å². The van der Waals surface area contributed by atoms with Gasteiger partial charge < -0.3 is 10.6 Å². The number of anilines is 2. The van der Waals surface area contributed by atoms with Crippen LogP contribution in [0.15, 0.2) is 76.1 Å². The van der Waals surface area contributed by atoms with Gasteiger partial charge in [-0.1, -0.05) is 42.0 Å². The van der Waals surface area contributed by atoms with Crippen LogP contribution in [0.1, 0.15) is 43.2 Å². The second kappa shape index (κ2) is 10.8. The molecule has 4 rings (SSSR count). The van der Waals surface area contributed by atoms with Crippen molar-refractivity contribution in [3.8, 4) is 0 Å². The fraction of sp³-hybridized carbons (Fsp3) is 0.346. The lowest BCUT2D eigenvalue weighted by atomic mass is 9.97. The minimum atomic E-state index is -0.492. The molecular formula is C26H31N5O2. The molecule has 0 saturated carbocycles. The molecule has 0 spiro atoms. The number of H-pyrrole nitrogens is 1. The number of aromatic nitrogens is 3. The van der Waals surface area contributed by atoms with Crippen LogP contribution in [-0.4, -0.2) is 27.6 Å². The molecule has 0 unspecified atom stereocenters. The quantitative estimate of drug-likeness (QED) is 0.492. The molecular weight excluding hydrogens is 414 g/mol. The number of pyridine rings is 1. The Morgan fingerprint density at radius 2 is 1.73 bits per heavy atom. The van der Waals surface area contributed by atoms with Gasteiger partial charge in [-0.15, -0.1) is 0 Å². The van der Waals surface area contributed by atoms with Gasteiger partial charge in [0, 0.05) is 25.5 Å². The molecule has 0 bridgehead atoms. The van der Waals surface area contributed by atoms with E-state index in [1.54, 1.807) is 12.4 Å². The Morgan fingerprint density at radius 3 is 2.45 bits per heavy atom. The molecule has 7 heteroatoms. The highest BCUT2D eigenvalue weighted by Crippen LogP contribution is 2.23. The van der Waals surface area contributed by atoms with Gasteiger partial charge in [-0.25, -0.2) is 4.79 Å². The van der Waals surface area contributed by atoms with Crippen LogP contribution in [0.3, 0.4) is 0 Å². The minimum absolute atomic E-state index is 0.208. The van der Waals surface area contributed by atoms with Gasteiger partial charge >= 0.3 is 5.69 Å². The highest BCUT2D eigenvalue weighted by molar-refractivity contribution is 5.62. The van der Waals surface area contributed by atoms with Gasteiger partial charge in [0.1, 0.15) is 11.5 Å². The summed E-state index contributed by atoms with van der Waals surface area (Å²) in [6.07, 6.45) is 12.2. The first-order chi connectivity index (χ1) is 16.1. The molecule has 3 N–H and O–H groups in total. The van der Waals surface area contributed by atoms with Crippen LogP contribution < -0.4 is 21.9 Å². The smallest absolute Gasteiger partial charge is 0.330 e. The summed E-state index contributed by atoms with van der Waals surface area (Å²) < 4.78 is 1.45. The van der Waals surface area contributed by atoms with Crippen LogP contribution in [0, 0.1) is 0 Å². The molecule has 0 atom stereocenters. The second-order valence-corrected chi connectivity index (χ2v) is 8.52. The molecule has 2 heterocycles. The molecule has 1 aliphatic rings. The number of hydrogen-bond donors (Lipinski definition) is 2. The lowest BCUT2D eigenvalue weighted by molar-refractivity contribution is 0.657. The van der Waals surface area contributed by atoms with E-state index in [0.29, 0.717) is 25.3 Å². The Bertz CT molecular complexity index is 1200. The molecule has 0 saturated heterocycles. The number of hydrogen-bond acceptors (Lipinski definition) is 5.